The van der Waals surface area contributed by atoms with Crippen molar-refractivity contribution in [2.45, 2.75) is 59.1 Å². The van der Waals surface area contributed by atoms with Gasteiger partial charge >= 0.3 is 0 Å². The molecule has 0 aromatic carbocycles. The summed E-state index contributed by atoms with van der Waals surface area (Å²) in [5.74, 6) is 0. The summed E-state index contributed by atoms with van der Waals surface area (Å²) in [6.45, 7) is 16.4. The van der Waals surface area contributed by atoms with E-state index < -0.39 is 0 Å². The molecule has 0 amide bonds. The fourth-order valence-electron chi connectivity index (χ4n) is 1.70. The third-order valence-electron chi connectivity index (χ3n) is 2.55. The Morgan fingerprint density at radius 1 is 1.40 bits per heavy atom. The van der Waals surface area contributed by atoms with Crippen LogP contribution in [0.15, 0.2) is 12.2 Å². The maximum absolute atomic E-state index is 5.79. The van der Waals surface area contributed by atoms with Crippen LogP contribution in [0.25, 0.3) is 0 Å². The standard InChI is InChI=1S/C13H27NO/c1-7-9-14-12(10-11(3)4)13(5,6)15-8-2/h12,14H,3,7-10H2,1-2,4-6H3. The van der Waals surface area contributed by atoms with Crippen molar-refractivity contribution in [3.05, 3.63) is 12.2 Å². The molecular formula is C13H27NO. The van der Waals surface area contributed by atoms with E-state index in [-0.39, 0.29) is 5.60 Å². The molecule has 0 aromatic rings. The van der Waals surface area contributed by atoms with Crippen molar-refractivity contribution in [3.63, 3.8) is 0 Å². The van der Waals surface area contributed by atoms with Crippen LogP contribution < -0.4 is 5.32 Å². The first-order valence-electron chi connectivity index (χ1n) is 5.95. The normalized spacial score (nSPS) is 13.9. The highest BCUT2D eigenvalue weighted by atomic mass is 16.5. The van der Waals surface area contributed by atoms with Crippen molar-refractivity contribution in [1.82, 2.24) is 5.32 Å². The molecule has 2 nitrogen and oxygen atoms in total. The Balaban J connectivity index is 4.37. The van der Waals surface area contributed by atoms with Crippen LogP contribution in [0, 0.1) is 0 Å². The molecule has 0 heterocycles. The van der Waals surface area contributed by atoms with Gasteiger partial charge in [0.2, 0.25) is 0 Å². The molecule has 1 unspecified atom stereocenters. The number of rotatable bonds is 8. The van der Waals surface area contributed by atoms with Crippen LogP contribution in [0.5, 0.6) is 0 Å². The second-order valence-corrected chi connectivity index (χ2v) is 4.70. The van der Waals surface area contributed by atoms with Gasteiger partial charge in [0.25, 0.3) is 0 Å². The van der Waals surface area contributed by atoms with Gasteiger partial charge in [-0.15, -0.1) is 6.58 Å². The van der Waals surface area contributed by atoms with Crippen molar-refractivity contribution in [2.75, 3.05) is 13.2 Å². The first-order chi connectivity index (χ1) is 6.94. The van der Waals surface area contributed by atoms with Crippen LogP contribution in [-0.4, -0.2) is 24.8 Å². The van der Waals surface area contributed by atoms with E-state index in [1.165, 1.54) is 5.57 Å². The highest BCUT2D eigenvalue weighted by Crippen LogP contribution is 2.20. The zero-order valence-electron chi connectivity index (χ0n) is 11.0. The summed E-state index contributed by atoms with van der Waals surface area (Å²) < 4.78 is 5.79. The summed E-state index contributed by atoms with van der Waals surface area (Å²) in [6, 6.07) is 0.356. The van der Waals surface area contributed by atoms with E-state index in [1.807, 2.05) is 6.92 Å². The second-order valence-electron chi connectivity index (χ2n) is 4.70. The predicted octanol–water partition coefficient (Wildman–Crippen LogP) is 3.14. The van der Waals surface area contributed by atoms with Crippen molar-refractivity contribution >= 4 is 0 Å². The van der Waals surface area contributed by atoms with Gasteiger partial charge in [-0.2, -0.15) is 0 Å². The number of nitrogens with one attached hydrogen (secondary N) is 1. The van der Waals surface area contributed by atoms with E-state index >= 15 is 0 Å². The van der Waals surface area contributed by atoms with E-state index in [0.717, 1.165) is 26.0 Å². The van der Waals surface area contributed by atoms with Crippen LogP contribution in [0.2, 0.25) is 0 Å². The lowest BCUT2D eigenvalue weighted by Crippen LogP contribution is -2.49. The van der Waals surface area contributed by atoms with Gasteiger partial charge in [-0.05, 0) is 47.1 Å². The zero-order valence-corrected chi connectivity index (χ0v) is 11.0. The molecule has 0 radical (unpaired) electrons. The summed E-state index contributed by atoms with van der Waals surface area (Å²) in [4.78, 5) is 0. The van der Waals surface area contributed by atoms with E-state index in [2.05, 4.69) is 39.6 Å². The molecule has 0 aliphatic carbocycles. The van der Waals surface area contributed by atoms with Gasteiger partial charge in [0, 0.05) is 12.6 Å². The van der Waals surface area contributed by atoms with Gasteiger partial charge in [-0.1, -0.05) is 12.5 Å². The first kappa shape index (κ1) is 14.7. The monoisotopic (exact) mass is 213 g/mol. The summed E-state index contributed by atoms with van der Waals surface area (Å²) in [5, 5.41) is 3.54. The number of ether oxygens (including phenoxy) is 1. The van der Waals surface area contributed by atoms with Crippen molar-refractivity contribution < 1.29 is 4.74 Å². The average molecular weight is 213 g/mol. The molecule has 0 fully saturated rings. The Morgan fingerprint density at radius 2 is 2.00 bits per heavy atom. The third-order valence-corrected chi connectivity index (χ3v) is 2.55. The molecule has 0 aliphatic heterocycles. The number of hydrogen-bond acceptors (Lipinski definition) is 2. The Labute approximate surface area is 95.1 Å². The molecule has 0 saturated heterocycles. The molecule has 0 rings (SSSR count). The van der Waals surface area contributed by atoms with Gasteiger partial charge in [0.05, 0.1) is 5.60 Å². The maximum Gasteiger partial charge on any atom is 0.0781 e. The molecule has 15 heavy (non-hydrogen) atoms. The van der Waals surface area contributed by atoms with E-state index in [1.54, 1.807) is 0 Å². The van der Waals surface area contributed by atoms with Gasteiger partial charge in [0.1, 0.15) is 0 Å². The molecule has 0 spiro atoms. The molecule has 0 aliphatic rings. The van der Waals surface area contributed by atoms with Crippen molar-refractivity contribution in [1.29, 1.82) is 0 Å². The lowest BCUT2D eigenvalue weighted by molar-refractivity contribution is -0.0379. The van der Waals surface area contributed by atoms with Gasteiger partial charge < -0.3 is 10.1 Å². The minimum Gasteiger partial charge on any atom is -0.374 e. The quantitative estimate of drug-likeness (QED) is 0.625. The van der Waals surface area contributed by atoms with Gasteiger partial charge in [-0.25, -0.2) is 0 Å². The zero-order chi connectivity index (χ0) is 11.9. The molecule has 0 aromatic heterocycles. The fourth-order valence-corrected chi connectivity index (χ4v) is 1.70. The fraction of sp³-hybridized carbons (Fsp3) is 0.846. The highest BCUT2D eigenvalue weighted by molar-refractivity contribution is 4.98. The Morgan fingerprint density at radius 3 is 2.40 bits per heavy atom. The summed E-state index contributed by atoms with van der Waals surface area (Å²) in [5.41, 5.74) is 1.08. The molecular weight excluding hydrogens is 186 g/mol. The van der Waals surface area contributed by atoms with Crippen LogP contribution in [-0.2, 0) is 4.74 Å². The Bertz CT molecular complexity index is 187. The predicted molar refractivity (Wildman–Crippen MR) is 67.2 cm³/mol. The molecule has 2 heteroatoms. The topological polar surface area (TPSA) is 21.3 Å². The minimum absolute atomic E-state index is 0.122. The van der Waals surface area contributed by atoms with Crippen molar-refractivity contribution in [2.24, 2.45) is 0 Å². The lowest BCUT2D eigenvalue weighted by Gasteiger charge is -2.35. The van der Waals surface area contributed by atoms with Crippen LogP contribution >= 0.6 is 0 Å². The summed E-state index contributed by atoms with van der Waals surface area (Å²) >= 11 is 0. The Hall–Kier alpha value is -0.340. The molecule has 1 N–H and O–H groups in total. The van der Waals surface area contributed by atoms with Crippen LogP contribution in [0.1, 0.15) is 47.5 Å². The number of hydrogen-bond donors (Lipinski definition) is 1. The van der Waals surface area contributed by atoms with Crippen LogP contribution in [0.4, 0.5) is 0 Å². The molecule has 1 atom stereocenters. The molecule has 0 bridgehead atoms. The molecule has 0 saturated carbocycles. The smallest absolute Gasteiger partial charge is 0.0781 e. The lowest BCUT2D eigenvalue weighted by atomic mass is 9.92. The largest absolute Gasteiger partial charge is 0.374 e. The minimum atomic E-state index is -0.122. The van der Waals surface area contributed by atoms with Gasteiger partial charge in [0.15, 0.2) is 0 Å². The van der Waals surface area contributed by atoms with Crippen molar-refractivity contribution in [3.8, 4) is 0 Å². The third kappa shape index (κ3) is 5.95. The summed E-state index contributed by atoms with van der Waals surface area (Å²) in [7, 11) is 0. The Kier molecular flexibility index (Phi) is 6.86. The van der Waals surface area contributed by atoms with E-state index in [0.29, 0.717) is 6.04 Å². The second kappa shape index (κ2) is 7.02. The van der Waals surface area contributed by atoms with E-state index in [4.69, 9.17) is 4.74 Å². The van der Waals surface area contributed by atoms with Gasteiger partial charge in [-0.3, -0.25) is 0 Å². The van der Waals surface area contributed by atoms with E-state index in [9.17, 15) is 0 Å². The highest BCUT2D eigenvalue weighted by Gasteiger charge is 2.29. The maximum atomic E-state index is 5.79. The SMILES string of the molecule is C=C(C)CC(NCCC)C(C)(C)OCC. The first-order valence-corrected chi connectivity index (χ1v) is 5.95. The van der Waals surface area contributed by atoms with Crippen LogP contribution in [0.3, 0.4) is 0 Å². The molecule has 90 valence electrons. The average Bonchev–Trinajstić information content (AvgIpc) is 2.11. The summed E-state index contributed by atoms with van der Waals surface area (Å²) in [6.07, 6.45) is 2.13.